The van der Waals surface area contributed by atoms with Gasteiger partial charge in [-0.2, -0.15) is 5.26 Å². The number of hydrogen-bond acceptors (Lipinski definition) is 3. The van der Waals surface area contributed by atoms with Gasteiger partial charge < -0.3 is 4.90 Å². The predicted molar refractivity (Wildman–Crippen MR) is 97.3 cm³/mol. The number of anilines is 1. The zero-order chi connectivity index (χ0) is 16.8. The minimum atomic E-state index is 0.674. The van der Waals surface area contributed by atoms with Gasteiger partial charge in [0.25, 0.3) is 0 Å². The van der Waals surface area contributed by atoms with Crippen molar-refractivity contribution in [3.8, 4) is 6.07 Å². The van der Waals surface area contributed by atoms with E-state index < -0.39 is 0 Å². The number of nitrogens with zero attached hydrogens (tertiary/aromatic N) is 4. The van der Waals surface area contributed by atoms with Crippen molar-refractivity contribution in [2.45, 2.75) is 27.2 Å². The van der Waals surface area contributed by atoms with E-state index in [-0.39, 0.29) is 0 Å². The van der Waals surface area contributed by atoms with Gasteiger partial charge in [0.05, 0.1) is 16.6 Å². The molecule has 0 N–H and O–H groups in total. The molecule has 3 aromatic rings. The van der Waals surface area contributed by atoms with Gasteiger partial charge in [0, 0.05) is 13.1 Å². The normalized spacial score (nSPS) is 21.3. The van der Waals surface area contributed by atoms with E-state index in [2.05, 4.69) is 41.4 Å². The van der Waals surface area contributed by atoms with Crippen molar-refractivity contribution in [1.29, 1.82) is 5.26 Å². The highest BCUT2D eigenvalue weighted by Gasteiger charge is 2.25. The van der Waals surface area contributed by atoms with Crippen molar-refractivity contribution >= 4 is 22.5 Å². The van der Waals surface area contributed by atoms with Crippen LogP contribution in [-0.2, 0) is 0 Å². The molecule has 0 saturated carbocycles. The Morgan fingerprint density at radius 2 is 1.88 bits per heavy atom. The Morgan fingerprint density at radius 1 is 1.17 bits per heavy atom. The van der Waals surface area contributed by atoms with Crippen molar-refractivity contribution < 1.29 is 0 Å². The molecule has 0 aliphatic carbocycles. The minimum absolute atomic E-state index is 0.674. The first-order chi connectivity index (χ1) is 11.6. The van der Waals surface area contributed by atoms with Gasteiger partial charge in [-0.1, -0.05) is 26.0 Å². The molecular weight excluding hydrogens is 296 g/mol. The van der Waals surface area contributed by atoms with Crippen LogP contribution >= 0.6 is 0 Å². The Hall–Kier alpha value is -2.54. The highest BCUT2D eigenvalue weighted by molar-refractivity contribution is 5.85. The fourth-order valence-corrected chi connectivity index (χ4v) is 4.15. The molecule has 2 aromatic heterocycles. The molecule has 0 amide bonds. The summed E-state index contributed by atoms with van der Waals surface area (Å²) >= 11 is 0. The molecule has 1 fully saturated rings. The van der Waals surface area contributed by atoms with Gasteiger partial charge in [-0.25, -0.2) is 4.98 Å². The lowest BCUT2D eigenvalue weighted by Crippen LogP contribution is -2.39. The molecule has 0 spiro atoms. The maximum atomic E-state index is 9.61. The third kappa shape index (κ3) is 2.24. The SMILES string of the molecule is Cc1cc(N2C[C@H](C)C[C@@H](C)C2)n2c(nc3ccccc32)c1C#N. The zero-order valence-corrected chi connectivity index (χ0v) is 14.5. The molecule has 4 nitrogen and oxygen atoms in total. The van der Waals surface area contributed by atoms with E-state index in [1.165, 1.54) is 6.42 Å². The molecule has 1 aromatic carbocycles. The molecule has 0 radical (unpaired) electrons. The average Bonchev–Trinajstić information content (AvgIpc) is 2.92. The van der Waals surface area contributed by atoms with E-state index in [0.29, 0.717) is 17.4 Å². The second kappa shape index (κ2) is 5.52. The number of pyridine rings is 1. The summed E-state index contributed by atoms with van der Waals surface area (Å²) in [6, 6.07) is 12.6. The summed E-state index contributed by atoms with van der Waals surface area (Å²) in [6.45, 7) is 8.76. The monoisotopic (exact) mass is 318 g/mol. The van der Waals surface area contributed by atoms with Gasteiger partial charge in [-0.05, 0) is 48.9 Å². The van der Waals surface area contributed by atoms with Crippen LogP contribution < -0.4 is 4.90 Å². The van der Waals surface area contributed by atoms with Crippen molar-refractivity contribution in [2.24, 2.45) is 11.8 Å². The van der Waals surface area contributed by atoms with Crippen molar-refractivity contribution in [2.75, 3.05) is 18.0 Å². The van der Waals surface area contributed by atoms with E-state index in [1.807, 2.05) is 25.1 Å². The van der Waals surface area contributed by atoms with Gasteiger partial charge in [0.2, 0.25) is 0 Å². The fourth-order valence-electron chi connectivity index (χ4n) is 4.15. The molecule has 24 heavy (non-hydrogen) atoms. The van der Waals surface area contributed by atoms with E-state index in [9.17, 15) is 5.26 Å². The predicted octanol–water partition coefficient (Wildman–Crippen LogP) is 4.15. The van der Waals surface area contributed by atoms with Crippen LogP contribution in [0.3, 0.4) is 0 Å². The summed E-state index contributed by atoms with van der Waals surface area (Å²) in [5.41, 5.74) is 4.47. The van der Waals surface area contributed by atoms with Gasteiger partial charge >= 0.3 is 0 Å². The maximum Gasteiger partial charge on any atom is 0.157 e. The highest BCUT2D eigenvalue weighted by atomic mass is 15.2. The number of benzene rings is 1. The zero-order valence-electron chi connectivity index (χ0n) is 14.5. The first kappa shape index (κ1) is 15.0. The van der Waals surface area contributed by atoms with Crippen molar-refractivity contribution in [1.82, 2.24) is 9.38 Å². The number of nitriles is 1. The van der Waals surface area contributed by atoms with Gasteiger partial charge in [0.15, 0.2) is 5.65 Å². The number of para-hydroxylation sites is 2. The molecule has 0 bridgehead atoms. The van der Waals surface area contributed by atoms with Gasteiger partial charge in [-0.15, -0.1) is 0 Å². The van der Waals surface area contributed by atoms with Crippen LogP contribution in [0.4, 0.5) is 5.82 Å². The largest absolute Gasteiger partial charge is 0.357 e. The van der Waals surface area contributed by atoms with E-state index in [0.717, 1.165) is 41.2 Å². The Morgan fingerprint density at radius 3 is 2.58 bits per heavy atom. The third-order valence-electron chi connectivity index (χ3n) is 5.06. The lowest BCUT2D eigenvalue weighted by molar-refractivity contribution is 0.355. The second-order valence-electron chi connectivity index (χ2n) is 7.28. The second-order valence-corrected chi connectivity index (χ2v) is 7.28. The molecule has 1 saturated heterocycles. The summed E-state index contributed by atoms with van der Waals surface area (Å²) in [7, 11) is 0. The molecule has 1 aliphatic rings. The molecule has 2 atom stereocenters. The van der Waals surface area contributed by atoms with E-state index >= 15 is 0 Å². The average molecular weight is 318 g/mol. The fraction of sp³-hybridized carbons (Fsp3) is 0.400. The summed E-state index contributed by atoms with van der Waals surface area (Å²) in [5, 5.41) is 9.61. The van der Waals surface area contributed by atoms with Crippen molar-refractivity contribution in [3.05, 3.63) is 41.5 Å². The minimum Gasteiger partial charge on any atom is -0.357 e. The van der Waals surface area contributed by atoms with E-state index in [4.69, 9.17) is 4.98 Å². The Balaban J connectivity index is 2.03. The molecule has 4 heteroatoms. The van der Waals surface area contributed by atoms with E-state index in [1.54, 1.807) is 0 Å². The molecule has 4 rings (SSSR count). The summed E-state index contributed by atoms with van der Waals surface area (Å²) < 4.78 is 2.17. The lowest BCUT2D eigenvalue weighted by atomic mass is 9.92. The lowest BCUT2D eigenvalue weighted by Gasteiger charge is -2.37. The molecule has 3 heterocycles. The van der Waals surface area contributed by atoms with Gasteiger partial charge in [-0.3, -0.25) is 4.40 Å². The van der Waals surface area contributed by atoms with Crippen LogP contribution in [0.1, 0.15) is 31.4 Å². The number of hydrogen-bond donors (Lipinski definition) is 0. The van der Waals surface area contributed by atoms with Gasteiger partial charge in [0.1, 0.15) is 11.9 Å². The summed E-state index contributed by atoms with van der Waals surface area (Å²) in [6.07, 6.45) is 1.28. The molecular formula is C20H22N4. The smallest absolute Gasteiger partial charge is 0.157 e. The van der Waals surface area contributed by atoms with Crippen LogP contribution in [0.5, 0.6) is 0 Å². The standard InChI is InChI=1S/C20H22N4/c1-13-8-14(2)12-23(11-13)19-9-15(3)16(10-21)20-22-17-6-4-5-7-18(17)24(19)20/h4-7,9,13-14H,8,11-12H2,1-3H3/t13-,14-/m1/s1. The molecule has 122 valence electrons. The quantitative estimate of drug-likeness (QED) is 0.677. The number of rotatable bonds is 1. The van der Waals surface area contributed by atoms with Crippen molar-refractivity contribution in [3.63, 3.8) is 0 Å². The van der Waals surface area contributed by atoms with Crippen LogP contribution in [0.25, 0.3) is 16.7 Å². The van der Waals surface area contributed by atoms with Crippen LogP contribution in [0.2, 0.25) is 0 Å². The first-order valence-electron chi connectivity index (χ1n) is 8.64. The number of aromatic nitrogens is 2. The summed E-state index contributed by atoms with van der Waals surface area (Å²) in [4.78, 5) is 7.22. The van der Waals surface area contributed by atoms with Crippen LogP contribution in [0, 0.1) is 30.1 Å². The third-order valence-corrected chi connectivity index (χ3v) is 5.06. The molecule has 1 aliphatic heterocycles. The number of piperidine rings is 1. The van der Waals surface area contributed by atoms with Crippen LogP contribution in [0.15, 0.2) is 30.3 Å². The maximum absolute atomic E-state index is 9.61. The highest BCUT2D eigenvalue weighted by Crippen LogP contribution is 2.32. The number of fused-ring (bicyclic) bond motifs is 3. The summed E-state index contributed by atoms with van der Waals surface area (Å²) in [5.74, 6) is 2.51. The topological polar surface area (TPSA) is 44.3 Å². The Labute approximate surface area is 142 Å². The first-order valence-corrected chi connectivity index (χ1v) is 8.64. The number of imidazole rings is 1. The Bertz CT molecular complexity index is 953. The number of aryl methyl sites for hydroxylation is 1. The Kier molecular flexibility index (Phi) is 3.45. The molecule has 0 unspecified atom stereocenters. The van der Waals surface area contributed by atoms with Crippen LogP contribution in [-0.4, -0.2) is 22.5 Å².